The summed E-state index contributed by atoms with van der Waals surface area (Å²) in [6.45, 7) is 7.64. The lowest BCUT2D eigenvalue weighted by molar-refractivity contribution is -0.136. The highest BCUT2D eigenvalue weighted by molar-refractivity contribution is 6.11. The molecule has 0 aromatic carbocycles. The van der Waals surface area contributed by atoms with Gasteiger partial charge in [-0.2, -0.15) is 0 Å². The first-order valence-electron chi connectivity index (χ1n) is 3.95. The fourth-order valence-corrected chi connectivity index (χ4v) is 1.15. The van der Waals surface area contributed by atoms with E-state index in [9.17, 15) is 0 Å². The first kappa shape index (κ1) is 10.1. The quantitative estimate of drug-likeness (QED) is 0.434. The third-order valence-electron chi connectivity index (χ3n) is 1.21. The summed E-state index contributed by atoms with van der Waals surface area (Å²) in [6.07, 6.45) is 0.0432. The third kappa shape index (κ3) is 4.03. The lowest BCUT2D eigenvalue weighted by atomic mass is 10.4. The minimum Gasteiger partial charge on any atom is -0.353 e. The van der Waals surface area contributed by atoms with Crippen LogP contribution in [0, 0.1) is 0 Å². The van der Waals surface area contributed by atoms with Crippen LogP contribution in [-0.2, 0) is 9.47 Å². The summed E-state index contributed by atoms with van der Waals surface area (Å²) in [5.74, 6) is 0. The second-order valence-electron chi connectivity index (χ2n) is 2.52. The molecule has 0 N–H and O–H groups in total. The molecule has 0 saturated carbocycles. The minimum absolute atomic E-state index is 0.0432. The van der Waals surface area contributed by atoms with Gasteiger partial charge >= 0.3 is 0 Å². The molecule has 1 unspecified atom stereocenters. The maximum Gasteiger partial charge on any atom is 0.156 e. The van der Waals surface area contributed by atoms with Crippen LogP contribution in [0.15, 0.2) is 0 Å². The molecular weight excluding hydrogens is 144 g/mol. The van der Waals surface area contributed by atoms with Crippen molar-refractivity contribution < 1.29 is 9.47 Å². The Kier molecular flexibility index (Phi) is 5.97. The number of ether oxygens (including phenoxy) is 2. The van der Waals surface area contributed by atoms with E-state index in [1.165, 1.54) is 0 Å². The molecule has 0 radical (unpaired) electrons. The van der Waals surface area contributed by atoms with Gasteiger partial charge in [0, 0.05) is 23.5 Å². The van der Waals surface area contributed by atoms with Gasteiger partial charge in [0.2, 0.25) is 0 Å². The molecule has 62 valence electrons. The lowest BCUT2D eigenvalue weighted by Gasteiger charge is -2.19. The van der Waals surface area contributed by atoms with Crippen LogP contribution in [0.25, 0.3) is 0 Å². The van der Waals surface area contributed by atoms with Crippen molar-refractivity contribution >= 4 is 10.2 Å². The van der Waals surface area contributed by atoms with E-state index in [1.807, 2.05) is 13.8 Å². The Balaban J connectivity index is 3.50. The molecule has 0 saturated heterocycles. The van der Waals surface area contributed by atoms with Crippen LogP contribution < -0.4 is 0 Å². The standard InChI is InChI=1S/C7H18O2Si/c1-4-8-7(6(3)10)9-5-2/h6-7H,4-5H2,1-3,10H3. The Labute approximate surface area is 66.3 Å². The molecule has 0 spiro atoms. The zero-order chi connectivity index (χ0) is 7.98. The van der Waals surface area contributed by atoms with E-state index < -0.39 is 0 Å². The van der Waals surface area contributed by atoms with E-state index in [2.05, 4.69) is 6.92 Å². The average molecular weight is 162 g/mol. The van der Waals surface area contributed by atoms with E-state index in [0.29, 0.717) is 5.54 Å². The van der Waals surface area contributed by atoms with Crippen LogP contribution in [0.2, 0.25) is 5.54 Å². The van der Waals surface area contributed by atoms with E-state index in [4.69, 9.17) is 9.47 Å². The maximum absolute atomic E-state index is 5.36. The van der Waals surface area contributed by atoms with Crippen LogP contribution >= 0.6 is 0 Å². The van der Waals surface area contributed by atoms with Crippen molar-refractivity contribution in [3.8, 4) is 0 Å². The Morgan fingerprint density at radius 1 is 1.20 bits per heavy atom. The molecule has 0 aliphatic carbocycles. The zero-order valence-electron chi connectivity index (χ0n) is 7.39. The van der Waals surface area contributed by atoms with E-state index in [-0.39, 0.29) is 6.29 Å². The normalized spacial score (nSPS) is 14.4. The summed E-state index contributed by atoms with van der Waals surface area (Å²) in [6, 6.07) is 0. The molecule has 0 amide bonds. The van der Waals surface area contributed by atoms with Gasteiger partial charge in [0.25, 0.3) is 0 Å². The van der Waals surface area contributed by atoms with E-state index in [0.717, 1.165) is 23.5 Å². The third-order valence-corrected chi connectivity index (χ3v) is 1.75. The van der Waals surface area contributed by atoms with Crippen molar-refractivity contribution in [1.82, 2.24) is 0 Å². The molecule has 1 atom stereocenters. The van der Waals surface area contributed by atoms with Gasteiger partial charge in [0.15, 0.2) is 6.29 Å². The molecular formula is C7H18O2Si. The summed E-state index contributed by atoms with van der Waals surface area (Å²) in [4.78, 5) is 0. The SMILES string of the molecule is CCOC(OCC)C(C)[SiH3]. The summed E-state index contributed by atoms with van der Waals surface area (Å²) in [5, 5.41) is 0. The number of rotatable bonds is 5. The second kappa shape index (κ2) is 5.89. The Morgan fingerprint density at radius 3 is 1.80 bits per heavy atom. The van der Waals surface area contributed by atoms with Crippen LogP contribution in [-0.4, -0.2) is 29.7 Å². The average Bonchev–Trinajstić information content (AvgIpc) is 1.87. The molecule has 3 heteroatoms. The summed E-state index contributed by atoms with van der Waals surface area (Å²) < 4.78 is 10.7. The van der Waals surface area contributed by atoms with E-state index >= 15 is 0 Å². The Bertz CT molecular complexity index is 70.0. The van der Waals surface area contributed by atoms with Crippen LogP contribution in [0.5, 0.6) is 0 Å². The predicted molar refractivity (Wildman–Crippen MR) is 46.4 cm³/mol. The van der Waals surface area contributed by atoms with Crippen molar-refractivity contribution in [3.05, 3.63) is 0 Å². The Morgan fingerprint density at radius 2 is 1.60 bits per heavy atom. The van der Waals surface area contributed by atoms with Crippen LogP contribution in [0.3, 0.4) is 0 Å². The van der Waals surface area contributed by atoms with Crippen molar-refractivity contribution in [2.75, 3.05) is 13.2 Å². The largest absolute Gasteiger partial charge is 0.353 e. The minimum atomic E-state index is 0.0432. The molecule has 0 rings (SSSR count). The van der Waals surface area contributed by atoms with Gasteiger partial charge in [-0.05, 0) is 19.4 Å². The van der Waals surface area contributed by atoms with E-state index in [1.54, 1.807) is 0 Å². The summed E-state index contributed by atoms with van der Waals surface area (Å²) in [5.41, 5.74) is 0.583. The predicted octanol–water partition coefficient (Wildman–Crippen LogP) is 0.559. The van der Waals surface area contributed by atoms with Crippen LogP contribution in [0.4, 0.5) is 0 Å². The van der Waals surface area contributed by atoms with Crippen LogP contribution in [0.1, 0.15) is 20.8 Å². The lowest BCUT2D eigenvalue weighted by Crippen LogP contribution is -2.21. The summed E-state index contributed by atoms with van der Waals surface area (Å²) in [7, 11) is 1.13. The van der Waals surface area contributed by atoms with Gasteiger partial charge in [0.05, 0.1) is 0 Å². The number of hydrogen-bond donors (Lipinski definition) is 0. The Hall–Kier alpha value is 0.137. The highest BCUT2D eigenvalue weighted by Gasteiger charge is 2.11. The molecule has 0 aromatic heterocycles. The molecule has 10 heavy (non-hydrogen) atoms. The zero-order valence-corrected chi connectivity index (χ0v) is 9.39. The molecule has 0 aromatic rings. The molecule has 0 fully saturated rings. The second-order valence-corrected chi connectivity index (χ2v) is 4.34. The van der Waals surface area contributed by atoms with Gasteiger partial charge in [-0.25, -0.2) is 0 Å². The molecule has 0 aliphatic heterocycles. The molecule has 0 bridgehead atoms. The summed E-state index contributed by atoms with van der Waals surface area (Å²) >= 11 is 0. The molecule has 2 nitrogen and oxygen atoms in total. The van der Waals surface area contributed by atoms with Gasteiger partial charge in [-0.3, -0.25) is 0 Å². The van der Waals surface area contributed by atoms with Gasteiger partial charge in [-0.1, -0.05) is 6.92 Å². The van der Waals surface area contributed by atoms with Crippen molar-refractivity contribution in [2.24, 2.45) is 0 Å². The number of hydrogen-bond acceptors (Lipinski definition) is 2. The maximum atomic E-state index is 5.36. The smallest absolute Gasteiger partial charge is 0.156 e. The van der Waals surface area contributed by atoms with Crippen molar-refractivity contribution in [3.63, 3.8) is 0 Å². The topological polar surface area (TPSA) is 18.5 Å². The first-order chi connectivity index (χ1) is 4.72. The highest BCUT2D eigenvalue weighted by atomic mass is 28.1. The highest BCUT2D eigenvalue weighted by Crippen LogP contribution is 2.10. The van der Waals surface area contributed by atoms with Gasteiger partial charge in [-0.15, -0.1) is 0 Å². The monoisotopic (exact) mass is 162 g/mol. The fraction of sp³-hybridized carbons (Fsp3) is 1.00. The van der Waals surface area contributed by atoms with Gasteiger partial charge in [0.1, 0.15) is 0 Å². The first-order valence-corrected chi connectivity index (χ1v) is 5.11. The fourth-order valence-electron chi connectivity index (χ4n) is 0.762. The van der Waals surface area contributed by atoms with Gasteiger partial charge < -0.3 is 9.47 Å². The molecule has 0 aliphatic rings. The van der Waals surface area contributed by atoms with Crippen molar-refractivity contribution in [2.45, 2.75) is 32.6 Å². The van der Waals surface area contributed by atoms with Crippen molar-refractivity contribution in [1.29, 1.82) is 0 Å². The molecule has 0 heterocycles.